The van der Waals surface area contributed by atoms with E-state index in [9.17, 15) is 4.79 Å². The number of nitrogens with zero attached hydrogens (tertiary/aromatic N) is 2. The molecule has 0 unspecified atom stereocenters. The molecule has 4 heteroatoms. The van der Waals surface area contributed by atoms with Crippen LogP contribution in [0.5, 0.6) is 0 Å². The van der Waals surface area contributed by atoms with E-state index in [1.807, 2.05) is 26.0 Å². The highest BCUT2D eigenvalue weighted by atomic mass is 16.4. The average Bonchev–Trinajstić information content (AvgIpc) is 2.19. The summed E-state index contributed by atoms with van der Waals surface area (Å²) in [7, 11) is 0. The largest absolute Gasteiger partial charge is 0.476 e. The number of rotatable bonds is 1. The lowest BCUT2D eigenvalue weighted by atomic mass is 10.1. The first kappa shape index (κ1) is 10.5. The molecule has 2 aromatic rings. The second kappa shape index (κ2) is 3.56. The van der Waals surface area contributed by atoms with Crippen LogP contribution in [0.1, 0.15) is 27.3 Å². The van der Waals surface area contributed by atoms with Crippen LogP contribution in [0.2, 0.25) is 0 Å². The van der Waals surface area contributed by atoms with Crippen LogP contribution < -0.4 is 0 Å². The van der Waals surface area contributed by atoms with E-state index in [0.29, 0.717) is 11.2 Å². The Labute approximate surface area is 93.0 Å². The number of aromatic carboxylic acids is 1. The minimum Gasteiger partial charge on any atom is -0.476 e. The quantitative estimate of drug-likeness (QED) is 0.794. The summed E-state index contributed by atoms with van der Waals surface area (Å²) in [6.07, 6.45) is 0. The molecule has 0 radical (unpaired) electrons. The number of carboxylic acid groups (broad SMARTS) is 1. The third-order valence-electron chi connectivity index (χ3n) is 2.66. The van der Waals surface area contributed by atoms with Crippen LogP contribution >= 0.6 is 0 Å². The first-order chi connectivity index (χ1) is 7.49. The van der Waals surface area contributed by atoms with Gasteiger partial charge in [-0.15, -0.1) is 0 Å². The molecular formula is C12H12N2O2. The summed E-state index contributed by atoms with van der Waals surface area (Å²) in [5.74, 6) is -1.04. The summed E-state index contributed by atoms with van der Waals surface area (Å²) < 4.78 is 0. The van der Waals surface area contributed by atoms with Crippen LogP contribution in [-0.4, -0.2) is 21.0 Å². The van der Waals surface area contributed by atoms with Gasteiger partial charge in [0.05, 0.1) is 16.7 Å². The normalized spacial score (nSPS) is 10.7. The monoisotopic (exact) mass is 216 g/mol. The van der Waals surface area contributed by atoms with E-state index in [1.54, 1.807) is 6.92 Å². The number of carbonyl (C=O) groups is 1. The maximum Gasteiger partial charge on any atom is 0.356 e. The van der Waals surface area contributed by atoms with E-state index in [1.165, 1.54) is 0 Å². The highest BCUT2D eigenvalue weighted by Gasteiger charge is 2.12. The molecule has 0 spiro atoms. The van der Waals surface area contributed by atoms with Gasteiger partial charge in [0.2, 0.25) is 0 Å². The molecule has 0 aliphatic carbocycles. The zero-order chi connectivity index (χ0) is 11.9. The van der Waals surface area contributed by atoms with Gasteiger partial charge in [0.1, 0.15) is 0 Å². The van der Waals surface area contributed by atoms with Crippen LogP contribution in [0.15, 0.2) is 12.1 Å². The molecule has 0 saturated carbocycles. The van der Waals surface area contributed by atoms with Crippen molar-refractivity contribution in [3.8, 4) is 0 Å². The third kappa shape index (κ3) is 1.62. The summed E-state index contributed by atoms with van der Waals surface area (Å²) in [6, 6.07) is 3.79. The first-order valence-electron chi connectivity index (χ1n) is 4.98. The van der Waals surface area contributed by atoms with Crippen LogP contribution in [0, 0.1) is 20.8 Å². The van der Waals surface area contributed by atoms with Crippen molar-refractivity contribution >= 4 is 17.0 Å². The lowest BCUT2D eigenvalue weighted by Crippen LogP contribution is -2.06. The predicted molar refractivity (Wildman–Crippen MR) is 60.7 cm³/mol. The van der Waals surface area contributed by atoms with Crippen molar-refractivity contribution in [3.05, 3.63) is 34.6 Å². The minimum absolute atomic E-state index is 0.0238. The molecular weight excluding hydrogens is 204 g/mol. The molecule has 16 heavy (non-hydrogen) atoms. The third-order valence-corrected chi connectivity index (χ3v) is 2.66. The Hall–Kier alpha value is -1.97. The van der Waals surface area contributed by atoms with E-state index in [0.717, 1.165) is 16.6 Å². The zero-order valence-corrected chi connectivity index (χ0v) is 9.40. The first-order valence-corrected chi connectivity index (χ1v) is 4.98. The minimum atomic E-state index is -1.04. The lowest BCUT2D eigenvalue weighted by molar-refractivity contribution is 0.0689. The zero-order valence-electron chi connectivity index (χ0n) is 9.40. The molecule has 4 nitrogen and oxygen atoms in total. The average molecular weight is 216 g/mol. The van der Waals surface area contributed by atoms with Crippen molar-refractivity contribution < 1.29 is 9.90 Å². The number of carboxylic acids is 1. The van der Waals surface area contributed by atoms with Crippen molar-refractivity contribution in [2.24, 2.45) is 0 Å². The molecule has 1 aromatic carbocycles. The Bertz CT molecular complexity index is 591. The van der Waals surface area contributed by atoms with Gasteiger partial charge in [0.25, 0.3) is 0 Å². The summed E-state index contributed by atoms with van der Waals surface area (Å²) in [6.45, 7) is 5.62. The van der Waals surface area contributed by atoms with E-state index >= 15 is 0 Å². The molecule has 0 saturated heterocycles. The van der Waals surface area contributed by atoms with Gasteiger partial charge < -0.3 is 5.11 Å². The Balaban J connectivity index is 2.79. The fourth-order valence-electron chi connectivity index (χ4n) is 1.60. The molecule has 0 aliphatic rings. The van der Waals surface area contributed by atoms with Gasteiger partial charge in [-0.2, -0.15) is 0 Å². The van der Waals surface area contributed by atoms with E-state index < -0.39 is 5.97 Å². The maximum atomic E-state index is 10.9. The molecule has 1 aromatic heterocycles. The fourth-order valence-corrected chi connectivity index (χ4v) is 1.60. The van der Waals surface area contributed by atoms with Crippen LogP contribution in [-0.2, 0) is 0 Å². The van der Waals surface area contributed by atoms with Crippen molar-refractivity contribution in [3.63, 3.8) is 0 Å². The van der Waals surface area contributed by atoms with E-state index in [2.05, 4.69) is 9.97 Å². The Morgan fingerprint density at radius 3 is 2.06 bits per heavy atom. The Kier molecular flexibility index (Phi) is 2.34. The standard InChI is InChI=1S/C12H12N2O2/c1-6-4-9-10(5-7(6)2)14-11(12(15)16)8(3)13-9/h4-5H,1-3H3,(H,15,16). The van der Waals surface area contributed by atoms with Crippen molar-refractivity contribution in [2.45, 2.75) is 20.8 Å². The molecule has 82 valence electrons. The van der Waals surface area contributed by atoms with Crippen LogP contribution in [0.4, 0.5) is 0 Å². The Morgan fingerprint density at radius 2 is 1.56 bits per heavy atom. The summed E-state index contributed by atoms with van der Waals surface area (Å²) in [4.78, 5) is 19.3. The second-order valence-electron chi connectivity index (χ2n) is 3.89. The number of benzene rings is 1. The van der Waals surface area contributed by atoms with Gasteiger partial charge in [-0.3, -0.25) is 0 Å². The predicted octanol–water partition coefficient (Wildman–Crippen LogP) is 2.25. The summed E-state index contributed by atoms with van der Waals surface area (Å²) >= 11 is 0. The highest BCUT2D eigenvalue weighted by molar-refractivity contribution is 5.89. The molecule has 0 amide bonds. The maximum absolute atomic E-state index is 10.9. The second-order valence-corrected chi connectivity index (χ2v) is 3.89. The summed E-state index contributed by atoms with van der Waals surface area (Å²) in [5, 5.41) is 8.95. The van der Waals surface area contributed by atoms with Gasteiger partial charge in [-0.25, -0.2) is 14.8 Å². The topological polar surface area (TPSA) is 63.1 Å². The molecule has 1 heterocycles. The molecule has 1 N–H and O–H groups in total. The molecule has 0 bridgehead atoms. The molecule has 2 rings (SSSR count). The van der Waals surface area contributed by atoms with Gasteiger partial charge in [0.15, 0.2) is 5.69 Å². The number of aromatic nitrogens is 2. The highest BCUT2D eigenvalue weighted by Crippen LogP contribution is 2.17. The Morgan fingerprint density at radius 1 is 1.06 bits per heavy atom. The number of hydrogen-bond acceptors (Lipinski definition) is 3. The van der Waals surface area contributed by atoms with Gasteiger partial charge in [-0.1, -0.05) is 0 Å². The van der Waals surface area contributed by atoms with Gasteiger partial charge >= 0.3 is 5.97 Å². The lowest BCUT2D eigenvalue weighted by Gasteiger charge is -2.05. The number of fused-ring (bicyclic) bond motifs is 1. The van der Waals surface area contributed by atoms with Crippen molar-refractivity contribution in [1.29, 1.82) is 0 Å². The van der Waals surface area contributed by atoms with Gasteiger partial charge in [0, 0.05) is 0 Å². The van der Waals surface area contributed by atoms with E-state index in [4.69, 9.17) is 5.11 Å². The molecule has 0 fully saturated rings. The smallest absolute Gasteiger partial charge is 0.356 e. The van der Waals surface area contributed by atoms with Crippen LogP contribution in [0.25, 0.3) is 11.0 Å². The van der Waals surface area contributed by atoms with Gasteiger partial charge in [-0.05, 0) is 44.0 Å². The van der Waals surface area contributed by atoms with Crippen molar-refractivity contribution in [2.75, 3.05) is 0 Å². The van der Waals surface area contributed by atoms with E-state index in [-0.39, 0.29) is 5.69 Å². The summed E-state index contributed by atoms with van der Waals surface area (Å²) in [5.41, 5.74) is 4.06. The molecule has 0 atom stereocenters. The SMILES string of the molecule is Cc1cc2nc(C)c(C(=O)O)nc2cc1C. The fraction of sp³-hybridized carbons (Fsp3) is 0.250. The van der Waals surface area contributed by atoms with Crippen LogP contribution in [0.3, 0.4) is 0 Å². The van der Waals surface area contributed by atoms with Crippen molar-refractivity contribution in [1.82, 2.24) is 9.97 Å². The molecule has 0 aliphatic heterocycles. The number of aryl methyl sites for hydroxylation is 3. The number of hydrogen-bond donors (Lipinski definition) is 1.